The number of benzene rings is 3. The predicted octanol–water partition coefficient (Wildman–Crippen LogP) is 5.18. The second kappa shape index (κ2) is 10.6. The van der Waals surface area contributed by atoms with Crippen molar-refractivity contribution in [3.05, 3.63) is 103 Å². The minimum atomic E-state index is -0.652. The van der Waals surface area contributed by atoms with E-state index in [1.807, 2.05) is 0 Å². The maximum absolute atomic E-state index is 14.0. The summed E-state index contributed by atoms with van der Waals surface area (Å²) in [5.41, 5.74) is 1.49. The Morgan fingerprint density at radius 2 is 1.83 bits per heavy atom. The van der Waals surface area contributed by atoms with E-state index in [1.165, 1.54) is 43.5 Å². The lowest BCUT2D eigenvalue weighted by atomic mass is 10.1. The van der Waals surface area contributed by atoms with E-state index in [9.17, 15) is 24.1 Å². The van der Waals surface area contributed by atoms with Gasteiger partial charge in [0.15, 0.2) is 11.5 Å². The third-order valence-electron chi connectivity index (χ3n) is 5.37. The summed E-state index contributed by atoms with van der Waals surface area (Å²) in [6.07, 6.45) is 1.48. The van der Waals surface area contributed by atoms with Crippen LogP contribution >= 0.6 is 15.9 Å². The number of imide groups is 1. The highest BCUT2D eigenvalue weighted by Gasteiger charge is 2.34. The third kappa shape index (κ3) is 5.36. The third-order valence-corrected chi connectivity index (χ3v) is 6.06. The Morgan fingerprint density at radius 1 is 1.11 bits per heavy atom. The Bertz CT molecular complexity index is 1380. The average molecular weight is 556 g/mol. The smallest absolute Gasteiger partial charge is 0.329 e. The predicted molar refractivity (Wildman–Crippen MR) is 132 cm³/mol. The van der Waals surface area contributed by atoms with Crippen molar-refractivity contribution < 1.29 is 28.4 Å². The zero-order valence-electron chi connectivity index (χ0n) is 18.9. The van der Waals surface area contributed by atoms with E-state index in [0.717, 1.165) is 10.5 Å². The van der Waals surface area contributed by atoms with Crippen LogP contribution in [0.2, 0.25) is 0 Å². The minimum absolute atomic E-state index is 0.0162. The molecule has 0 aromatic heterocycles. The van der Waals surface area contributed by atoms with Crippen LogP contribution in [0.25, 0.3) is 6.08 Å². The first-order valence-electron chi connectivity index (χ1n) is 10.6. The summed E-state index contributed by atoms with van der Waals surface area (Å²) in [6.45, 7) is -0.0601. The second-order valence-corrected chi connectivity index (χ2v) is 8.56. The highest BCUT2D eigenvalue weighted by molar-refractivity contribution is 9.10. The fourth-order valence-electron chi connectivity index (χ4n) is 3.48. The monoisotopic (exact) mass is 555 g/mol. The molecule has 1 N–H and O–H groups in total. The number of nitro benzene ring substituents is 1. The zero-order chi connectivity index (χ0) is 25.8. The van der Waals surface area contributed by atoms with Gasteiger partial charge in [0.25, 0.3) is 11.6 Å². The van der Waals surface area contributed by atoms with Crippen LogP contribution < -0.4 is 14.8 Å². The Kier molecular flexibility index (Phi) is 7.30. The fraction of sp³-hybridized carbons (Fsp3) is 0.120. The molecule has 36 heavy (non-hydrogen) atoms. The Labute approximate surface area is 213 Å². The minimum Gasteiger partial charge on any atom is -0.493 e. The molecule has 1 saturated heterocycles. The normalized spacial score (nSPS) is 14.2. The van der Waals surface area contributed by atoms with E-state index in [4.69, 9.17) is 9.47 Å². The van der Waals surface area contributed by atoms with Crippen LogP contribution in [-0.4, -0.2) is 28.9 Å². The van der Waals surface area contributed by atoms with Crippen LogP contribution in [0.5, 0.6) is 11.5 Å². The molecule has 0 bridgehead atoms. The van der Waals surface area contributed by atoms with Crippen molar-refractivity contribution in [1.82, 2.24) is 10.2 Å². The number of methoxy groups -OCH3 is 1. The molecule has 1 heterocycles. The van der Waals surface area contributed by atoms with Gasteiger partial charge in [-0.25, -0.2) is 9.18 Å². The lowest BCUT2D eigenvalue weighted by Gasteiger charge is -2.13. The lowest BCUT2D eigenvalue weighted by molar-refractivity contribution is -0.384. The SMILES string of the molecule is COc1cc(/C=C2/NC(=O)N(Cc3ccccc3F)C2=O)c(Br)cc1OCc1ccc([N+](=O)[O-])cc1. The van der Waals surface area contributed by atoms with Crippen LogP contribution in [0.4, 0.5) is 14.9 Å². The van der Waals surface area contributed by atoms with Crippen LogP contribution in [0.3, 0.4) is 0 Å². The van der Waals surface area contributed by atoms with E-state index in [0.29, 0.717) is 21.5 Å². The molecular weight excluding hydrogens is 537 g/mol. The van der Waals surface area contributed by atoms with Crippen molar-refractivity contribution in [2.45, 2.75) is 13.2 Å². The first-order chi connectivity index (χ1) is 17.3. The summed E-state index contributed by atoms with van der Waals surface area (Å²) < 4.78 is 25.8. The highest BCUT2D eigenvalue weighted by atomic mass is 79.9. The number of nitrogens with one attached hydrogen (secondary N) is 1. The molecule has 0 atom stereocenters. The molecule has 184 valence electrons. The number of halogens is 2. The van der Waals surface area contributed by atoms with Crippen molar-refractivity contribution in [3.63, 3.8) is 0 Å². The van der Waals surface area contributed by atoms with Gasteiger partial charge in [0.1, 0.15) is 18.1 Å². The fourth-order valence-corrected chi connectivity index (χ4v) is 3.91. The Morgan fingerprint density at radius 3 is 2.50 bits per heavy atom. The number of nitro groups is 1. The summed E-state index contributed by atoms with van der Waals surface area (Å²) in [5.74, 6) is -0.334. The van der Waals surface area contributed by atoms with Gasteiger partial charge in [0.05, 0.1) is 18.6 Å². The van der Waals surface area contributed by atoms with Gasteiger partial charge in [-0.1, -0.05) is 34.1 Å². The van der Waals surface area contributed by atoms with Gasteiger partial charge in [0, 0.05) is 22.2 Å². The first-order valence-corrected chi connectivity index (χ1v) is 11.4. The number of amides is 3. The number of urea groups is 1. The standard InChI is InChI=1S/C25H19BrFN3O6/c1-35-22-11-17(19(26)12-23(22)36-14-15-6-8-18(9-7-15)30(33)34)10-21-24(31)29(25(32)28-21)13-16-4-2-3-5-20(16)27/h2-12H,13-14H2,1H3,(H,28,32)/b21-10+. The molecular formula is C25H19BrFN3O6. The number of carbonyl (C=O) groups is 2. The summed E-state index contributed by atoms with van der Waals surface area (Å²) >= 11 is 3.44. The molecule has 9 nitrogen and oxygen atoms in total. The van der Waals surface area contributed by atoms with Gasteiger partial charge in [-0.2, -0.15) is 0 Å². The summed E-state index contributed by atoms with van der Waals surface area (Å²) in [7, 11) is 1.46. The Balaban J connectivity index is 1.52. The quantitative estimate of drug-likeness (QED) is 0.177. The average Bonchev–Trinajstić information content (AvgIpc) is 3.12. The van der Waals surface area contributed by atoms with Gasteiger partial charge >= 0.3 is 6.03 Å². The number of nitrogens with zero attached hydrogens (tertiary/aromatic N) is 2. The molecule has 0 saturated carbocycles. The Hall–Kier alpha value is -4.25. The van der Waals surface area contributed by atoms with Crippen molar-refractivity contribution >= 4 is 39.6 Å². The van der Waals surface area contributed by atoms with Crippen molar-refractivity contribution in [2.24, 2.45) is 0 Å². The summed E-state index contributed by atoms with van der Waals surface area (Å²) in [6, 6.07) is 14.5. The maximum Gasteiger partial charge on any atom is 0.329 e. The van der Waals surface area contributed by atoms with E-state index < -0.39 is 22.7 Å². The van der Waals surface area contributed by atoms with Crippen molar-refractivity contribution in [1.29, 1.82) is 0 Å². The molecule has 11 heteroatoms. The molecule has 3 aromatic carbocycles. The zero-order valence-corrected chi connectivity index (χ0v) is 20.5. The maximum atomic E-state index is 14.0. The molecule has 0 aliphatic carbocycles. The van der Waals surface area contributed by atoms with Gasteiger partial charge < -0.3 is 14.8 Å². The number of rotatable bonds is 8. The van der Waals surface area contributed by atoms with E-state index >= 15 is 0 Å². The molecule has 0 radical (unpaired) electrons. The number of non-ortho nitro benzene ring substituents is 1. The van der Waals surface area contributed by atoms with Crippen LogP contribution in [0.15, 0.2) is 70.8 Å². The number of hydrogen-bond donors (Lipinski definition) is 1. The van der Waals surface area contributed by atoms with Crippen molar-refractivity contribution in [2.75, 3.05) is 7.11 Å². The molecule has 1 aliphatic rings. The highest BCUT2D eigenvalue weighted by Crippen LogP contribution is 2.35. The van der Waals surface area contributed by atoms with Gasteiger partial charge in [-0.15, -0.1) is 0 Å². The molecule has 1 aliphatic heterocycles. The van der Waals surface area contributed by atoms with Crippen LogP contribution in [-0.2, 0) is 17.9 Å². The van der Waals surface area contributed by atoms with E-state index in [2.05, 4.69) is 21.2 Å². The van der Waals surface area contributed by atoms with Crippen LogP contribution in [0, 0.1) is 15.9 Å². The van der Waals surface area contributed by atoms with Gasteiger partial charge in [0.2, 0.25) is 0 Å². The lowest BCUT2D eigenvalue weighted by Crippen LogP contribution is -2.30. The molecule has 3 aromatic rings. The molecule has 1 fully saturated rings. The molecule has 0 spiro atoms. The topological polar surface area (TPSA) is 111 Å². The van der Waals surface area contributed by atoms with E-state index in [-0.39, 0.29) is 30.1 Å². The summed E-state index contributed by atoms with van der Waals surface area (Å²) in [5, 5.41) is 13.3. The number of carbonyl (C=O) groups excluding carboxylic acids is 2. The number of ether oxygens (including phenoxy) is 2. The molecule has 4 rings (SSSR count). The van der Waals surface area contributed by atoms with Gasteiger partial charge in [-0.3, -0.25) is 19.8 Å². The molecule has 3 amide bonds. The largest absolute Gasteiger partial charge is 0.493 e. The first kappa shape index (κ1) is 24.9. The molecule has 0 unspecified atom stereocenters. The van der Waals surface area contributed by atoms with E-state index in [1.54, 1.807) is 30.3 Å². The second-order valence-electron chi connectivity index (χ2n) is 7.71. The van der Waals surface area contributed by atoms with Crippen LogP contribution in [0.1, 0.15) is 16.7 Å². The van der Waals surface area contributed by atoms with Crippen molar-refractivity contribution in [3.8, 4) is 11.5 Å². The summed E-state index contributed by atoms with van der Waals surface area (Å²) in [4.78, 5) is 36.5. The number of hydrogen-bond acceptors (Lipinski definition) is 6. The van der Waals surface area contributed by atoms with Gasteiger partial charge in [-0.05, 0) is 47.5 Å².